The molecule has 0 unspecified atom stereocenters. The molecule has 4 nitrogen and oxygen atoms in total. The van der Waals surface area contributed by atoms with Crippen molar-refractivity contribution < 1.29 is 4.92 Å². The zero-order valence-electron chi connectivity index (χ0n) is 10.8. The van der Waals surface area contributed by atoms with Gasteiger partial charge in [-0.2, -0.15) is 0 Å². The topological polar surface area (TPSA) is 55.5 Å². The SMILES string of the molecule is Cc1ccccc1C=Nc1ccc(C)c([N+](=O)[O-])c1. The molecule has 0 aromatic heterocycles. The van der Waals surface area contributed by atoms with Gasteiger partial charge in [-0.25, -0.2) is 0 Å². The minimum atomic E-state index is -0.387. The first-order valence-electron chi connectivity index (χ1n) is 5.92. The highest BCUT2D eigenvalue weighted by Crippen LogP contribution is 2.24. The van der Waals surface area contributed by atoms with Crippen molar-refractivity contribution in [3.05, 3.63) is 69.3 Å². The third-order valence-corrected chi connectivity index (χ3v) is 2.93. The summed E-state index contributed by atoms with van der Waals surface area (Å²) >= 11 is 0. The Hall–Kier alpha value is -2.49. The van der Waals surface area contributed by atoms with Crippen LogP contribution in [0.3, 0.4) is 0 Å². The number of hydrogen-bond acceptors (Lipinski definition) is 3. The Morgan fingerprint density at radius 2 is 1.84 bits per heavy atom. The lowest BCUT2D eigenvalue weighted by Crippen LogP contribution is -1.91. The molecule has 96 valence electrons. The summed E-state index contributed by atoms with van der Waals surface area (Å²) in [5.41, 5.74) is 3.44. The lowest BCUT2D eigenvalue weighted by Gasteiger charge is -2.00. The van der Waals surface area contributed by atoms with Crippen LogP contribution in [0.2, 0.25) is 0 Å². The number of aliphatic imine (C=N–C) groups is 1. The summed E-state index contributed by atoms with van der Waals surface area (Å²) in [6, 6.07) is 12.8. The highest BCUT2D eigenvalue weighted by molar-refractivity contribution is 5.83. The molecule has 0 aliphatic carbocycles. The first-order valence-corrected chi connectivity index (χ1v) is 5.92. The Morgan fingerprint density at radius 3 is 2.53 bits per heavy atom. The Bertz CT molecular complexity index is 648. The summed E-state index contributed by atoms with van der Waals surface area (Å²) in [4.78, 5) is 14.8. The lowest BCUT2D eigenvalue weighted by atomic mass is 10.1. The third kappa shape index (κ3) is 3.04. The summed E-state index contributed by atoms with van der Waals surface area (Å²) in [5.74, 6) is 0. The average molecular weight is 254 g/mol. The zero-order valence-corrected chi connectivity index (χ0v) is 10.8. The number of nitro groups is 1. The standard InChI is InChI=1S/C15H14N2O2/c1-11-5-3-4-6-13(11)10-16-14-8-7-12(2)15(9-14)17(18)19/h3-10H,1-2H3. The fourth-order valence-electron chi connectivity index (χ4n) is 1.75. The summed E-state index contributed by atoms with van der Waals surface area (Å²) in [5, 5.41) is 10.9. The van der Waals surface area contributed by atoms with Gasteiger partial charge in [-0.15, -0.1) is 0 Å². The highest BCUT2D eigenvalue weighted by Gasteiger charge is 2.10. The second-order valence-corrected chi connectivity index (χ2v) is 4.34. The highest BCUT2D eigenvalue weighted by atomic mass is 16.6. The van der Waals surface area contributed by atoms with E-state index in [0.717, 1.165) is 11.1 Å². The van der Waals surface area contributed by atoms with Crippen LogP contribution in [0, 0.1) is 24.0 Å². The van der Waals surface area contributed by atoms with Crippen LogP contribution in [-0.2, 0) is 0 Å². The molecule has 0 saturated carbocycles. The van der Waals surface area contributed by atoms with Gasteiger partial charge < -0.3 is 0 Å². The van der Waals surface area contributed by atoms with Gasteiger partial charge in [0.1, 0.15) is 0 Å². The predicted octanol–water partition coefficient (Wildman–Crippen LogP) is 3.96. The molecule has 2 rings (SSSR count). The molecule has 0 bridgehead atoms. The molecule has 2 aromatic carbocycles. The van der Waals surface area contributed by atoms with Crippen LogP contribution in [0.1, 0.15) is 16.7 Å². The predicted molar refractivity (Wildman–Crippen MR) is 76.3 cm³/mol. The van der Waals surface area contributed by atoms with Crippen LogP contribution in [0.5, 0.6) is 0 Å². The quantitative estimate of drug-likeness (QED) is 0.473. The molecule has 0 aliphatic heterocycles. The van der Waals surface area contributed by atoms with Crippen LogP contribution >= 0.6 is 0 Å². The van der Waals surface area contributed by atoms with Gasteiger partial charge in [0.25, 0.3) is 5.69 Å². The monoisotopic (exact) mass is 254 g/mol. The number of nitrogens with zero attached hydrogens (tertiary/aromatic N) is 2. The van der Waals surface area contributed by atoms with Crippen molar-refractivity contribution in [1.82, 2.24) is 0 Å². The number of hydrogen-bond donors (Lipinski definition) is 0. The maximum Gasteiger partial charge on any atom is 0.274 e. The lowest BCUT2D eigenvalue weighted by molar-refractivity contribution is -0.385. The van der Waals surface area contributed by atoms with E-state index in [2.05, 4.69) is 4.99 Å². The van der Waals surface area contributed by atoms with Gasteiger partial charge in [-0.3, -0.25) is 15.1 Å². The van der Waals surface area contributed by atoms with Crippen molar-refractivity contribution in [2.24, 2.45) is 4.99 Å². The fraction of sp³-hybridized carbons (Fsp3) is 0.133. The van der Waals surface area contributed by atoms with E-state index in [4.69, 9.17) is 0 Å². The second kappa shape index (κ2) is 5.44. The maximum absolute atomic E-state index is 10.9. The first-order chi connectivity index (χ1) is 9.08. The van der Waals surface area contributed by atoms with E-state index in [1.54, 1.807) is 25.3 Å². The largest absolute Gasteiger partial charge is 0.274 e. The molecular weight excluding hydrogens is 240 g/mol. The van der Waals surface area contributed by atoms with Gasteiger partial charge >= 0.3 is 0 Å². The molecule has 0 amide bonds. The first kappa shape index (κ1) is 13.0. The molecule has 2 aromatic rings. The van der Waals surface area contributed by atoms with Crippen LogP contribution in [0.15, 0.2) is 47.5 Å². The molecule has 0 aliphatic rings. The van der Waals surface area contributed by atoms with Crippen LogP contribution in [-0.4, -0.2) is 11.1 Å². The number of aryl methyl sites for hydroxylation is 2. The number of benzene rings is 2. The van der Waals surface area contributed by atoms with Crippen molar-refractivity contribution in [2.75, 3.05) is 0 Å². The van der Waals surface area contributed by atoms with E-state index in [0.29, 0.717) is 11.3 Å². The Balaban J connectivity index is 2.32. The average Bonchev–Trinajstić information content (AvgIpc) is 2.39. The molecule has 4 heteroatoms. The van der Waals surface area contributed by atoms with Gasteiger partial charge in [-0.1, -0.05) is 30.3 Å². The molecule has 0 spiro atoms. The van der Waals surface area contributed by atoms with Crippen LogP contribution < -0.4 is 0 Å². The number of rotatable bonds is 3. The van der Waals surface area contributed by atoms with Crippen molar-refractivity contribution in [1.29, 1.82) is 0 Å². The van der Waals surface area contributed by atoms with Crippen LogP contribution in [0.25, 0.3) is 0 Å². The summed E-state index contributed by atoms with van der Waals surface area (Å²) < 4.78 is 0. The summed E-state index contributed by atoms with van der Waals surface area (Å²) in [6.07, 6.45) is 1.73. The number of nitro benzene ring substituents is 1. The smallest absolute Gasteiger partial charge is 0.258 e. The van der Waals surface area contributed by atoms with E-state index in [9.17, 15) is 10.1 Å². The Morgan fingerprint density at radius 1 is 1.11 bits per heavy atom. The van der Waals surface area contributed by atoms with E-state index < -0.39 is 0 Å². The van der Waals surface area contributed by atoms with E-state index in [-0.39, 0.29) is 10.6 Å². The third-order valence-electron chi connectivity index (χ3n) is 2.93. The molecular formula is C15H14N2O2. The normalized spacial score (nSPS) is 10.8. The van der Waals surface area contributed by atoms with E-state index in [1.807, 2.05) is 31.2 Å². The van der Waals surface area contributed by atoms with Gasteiger partial charge in [0.05, 0.1) is 10.6 Å². The summed E-state index contributed by atoms with van der Waals surface area (Å²) in [6.45, 7) is 3.71. The maximum atomic E-state index is 10.9. The zero-order chi connectivity index (χ0) is 13.8. The molecule has 0 fully saturated rings. The molecule has 0 N–H and O–H groups in total. The van der Waals surface area contributed by atoms with Crippen LogP contribution in [0.4, 0.5) is 11.4 Å². The van der Waals surface area contributed by atoms with Gasteiger partial charge in [-0.05, 0) is 31.0 Å². The van der Waals surface area contributed by atoms with Gasteiger partial charge in [0, 0.05) is 17.8 Å². The summed E-state index contributed by atoms with van der Waals surface area (Å²) in [7, 11) is 0. The molecule has 19 heavy (non-hydrogen) atoms. The molecule has 0 radical (unpaired) electrons. The fourth-order valence-corrected chi connectivity index (χ4v) is 1.75. The molecule has 0 saturated heterocycles. The second-order valence-electron chi connectivity index (χ2n) is 4.34. The van der Waals surface area contributed by atoms with Crippen molar-refractivity contribution >= 4 is 17.6 Å². The van der Waals surface area contributed by atoms with E-state index in [1.165, 1.54) is 6.07 Å². The minimum absolute atomic E-state index is 0.0967. The van der Waals surface area contributed by atoms with Crippen molar-refractivity contribution in [3.8, 4) is 0 Å². The van der Waals surface area contributed by atoms with Crippen molar-refractivity contribution in [3.63, 3.8) is 0 Å². The Kier molecular flexibility index (Phi) is 3.71. The van der Waals surface area contributed by atoms with Gasteiger partial charge in [0.2, 0.25) is 0 Å². The van der Waals surface area contributed by atoms with Gasteiger partial charge in [0.15, 0.2) is 0 Å². The molecule has 0 heterocycles. The van der Waals surface area contributed by atoms with Crippen molar-refractivity contribution in [2.45, 2.75) is 13.8 Å². The van der Waals surface area contributed by atoms with E-state index >= 15 is 0 Å². The molecule has 0 atom stereocenters. The Labute approximate surface area is 111 Å². The minimum Gasteiger partial charge on any atom is -0.258 e.